The van der Waals surface area contributed by atoms with Crippen molar-refractivity contribution in [3.63, 3.8) is 0 Å². The Labute approximate surface area is 197 Å². The fraction of sp³-hybridized carbons (Fsp3) is 0.429. The predicted octanol–water partition coefficient (Wildman–Crippen LogP) is 5.05. The lowest BCUT2D eigenvalue weighted by Crippen LogP contribution is -2.47. The van der Waals surface area contributed by atoms with Crippen molar-refractivity contribution in [3.05, 3.63) is 77.4 Å². The molecule has 0 radical (unpaired) electrons. The molecule has 0 saturated carbocycles. The number of nitrogens with zero attached hydrogens (tertiary/aromatic N) is 1. The van der Waals surface area contributed by atoms with E-state index in [1.165, 1.54) is 18.4 Å². The van der Waals surface area contributed by atoms with Gasteiger partial charge in [-0.05, 0) is 68.7 Å². The van der Waals surface area contributed by atoms with E-state index in [0.717, 1.165) is 36.1 Å². The van der Waals surface area contributed by atoms with E-state index in [0.29, 0.717) is 25.9 Å². The van der Waals surface area contributed by atoms with Crippen molar-refractivity contribution in [1.29, 1.82) is 0 Å². The summed E-state index contributed by atoms with van der Waals surface area (Å²) in [6.07, 6.45) is 8.99. The lowest BCUT2D eigenvalue weighted by atomic mass is 9.97. The molecule has 1 atom stereocenters. The first kappa shape index (κ1) is 24.6. The van der Waals surface area contributed by atoms with Crippen LogP contribution in [0.15, 0.2) is 66.2 Å². The number of benzene rings is 2. The summed E-state index contributed by atoms with van der Waals surface area (Å²) in [5.74, 6) is 0.642. The summed E-state index contributed by atoms with van der Waals surface area (Å²) in [6, 6.07) is 17.1. The van der Waals surface area contributed by atoms with Crippen molar-refractivity contribution >= 4 is 11.8 Å². The van der Waals surface area contributed by atoms with Crippen LogP contribution >= 0.6 is 0 Å². The third-order valence-electron chi connectivity index (χ3n) is 6.28. The van der Waals surface area contributed by atoms with Crippen LogP contribution in [0.25, 0.3) is 0 Å². The minimum atomic E-state index is -0.546. The van der Waals surface area contributed by atoms with E-state index in [-0.39, 0.29) is 11.8 Å². The number of ether oxygens (including phenoxy) is 1. The zero-order valence-corrected chi connectivity index (χ0v) is 19.9. The van der Waals surface area contributed by atoms with Crippen molar-refractivity contribution in [2.24, 2.45) is 0 Å². The molecule has 1 N–H and O–H groups in total. The molecule has 0 spiro atoms. The van der Waals surface area contributed by atoms with Gasteiger partial charge in [0.15, 0.2) is 0 Å². The van der Waals surface area contributed by atoms with Gasteiger partial charge in [0.05, 0.1) is 7.11 Å². The first-order valence-electron chi connectivity index (χ1n) is 12.0. The highest BCUT2D eigenvalue weighted by atomic mass is 16.5. The average molecular weight is 449 g/mol. The van der Waals surface area contributed by atoms with Crippen LogP contribution in [0.1, 0.15) is 56.6 Å². The topological polar surface area (TPSA) is 58.6 Å². The minimum absolute atomic E-state index is 0.0210. The van der Waals surface area contributed by atoms with E-state index in [1.807, 2.05) is 61.5 Å². The highest BCUT2D eigenvalue weighted by molar-refractivity contribution is 5.87. The highest BCUT2D eigenvalue weighted by Gasteiger charge is 2.26. The van der Waals surface area contributed by atoms with Gasteiger partial charge in [0.1, 0.15) is 11.8 Å². The first-order valence-corrected chi connectivity index (χ1v) is 12.0. The molecule has 0 aliphatic heterocycles. The smallest absolute Gasteiger partial charge is 0.242 e. The van der Waals surface area contributed by atoms with Crippen LogP contribution in [0.3, 0.4) is 0 Å². The molecule has 0 bridgehead atoms. The molecule has 1 aliphatic rings. The molecule has 2 amide bonds. The van der Waals surface area contributed by atoms with Crippen molar-refractivity contribution in [3.8, 4) is 5.75 Å². The van der Waals surface area contributed by atoms with E-state index in [2.05, 4.69) is 11.4 Å². The number of carbonyl (C=O) groups excluding carboxylic acids is 2. The van der Waals surface area contributed by atoms with E-state index >= 15 is 0 Å². The van der Waals surface area contributed by atoms with Gasteiger partial charge in [-0.25, -0.2) is 0 Å². The van der Waals surface area contributed by atoms with E-state index in [9.17, 15) is 9.59 Å². The fourth-order valence-corrected chi connectivity index (χ4v) is 4.18. The molecule has 0 fully saturated rings. The van der Waals surface area contributed by atoms with E-state index in [4.69, 9.17) is 4.74 Å². The molecule has 0 unspecified atom stereocenters. The normalized spacial score (nSPS) is 14.2. The maximum atomic E-state index is 13.2. The quantitative estimate of drug-likeness (QED) is 0.489. The number of hydrogen-bond acceptors (Lipinski definition) is 3. The van der Waals surface area contributed by atoms with Gasteiger partial charge in [-0.15, -0.1) is 0 Å². The summed E-state index contributed by atoms with van der Waals surface area (Å²) in [6.45, 7) is 2.82. The number of carbonyl (C=O) groups is 2. The summed E-state index contributed by atoms with van der Waals surface area (Å²) >= 11 is 0. The Kier molecular flexibility index (Phi) is 9.55. The molecule has 33 heavy (non-hydrogen) atoms. The van der Waals surface area contributed by atoms with Gasteiger partial charge in [-0.1, -0.05) is 54.1 Å². The minimum Gasteiger partial charge on any atom is -0.497 e. The standard InChI is InChI=1S/C28H36N2O3/c1-22(28(32)29-20-19-24-11-7-4-8-12-24)30(21-25-13-16-26(33-2)17-14-25)27(31)18-15-23-9-5-3-6-10-23/h3,5-6,9-11,13-14,16-17,22H,4,7-8,12,15,18-21H2,1-2H3,(H,29,32)/t22-/m0/s1. The van der Waals surface area contributed by atoms with Gasteiger partial charge in [0.2, 0.25) is 11.8 Å². The molecule has 2 aromatic carbocycles. The van der Waals surface area contributed by atoms with Gasteiger partial charge >= 0.3 is 0 Å². The summed E-state index contributed by atoms with van der Waals surface area (Å²) in [7, 11) is 1.63. The number of hydrogen-bond donors (Lipinski definition) is 1. The fourth-order valence-electron chi connectivity index (χ4n) is 4.18. The summed E-state index contributed by atoms with van der Waals surface area (Å²) < 4.78 is 5.24. The highest BCUT2D eigenvalue weighted by Crippen LogP contribution is 2.20. The Morgan fingerprint density at radius 2 is 1.76 bits per heavy atom. The van der Waals surface area contributed by atoms with Gasteiger partial charge < -0.3 is 15.0 Å². The van der Waals surface area contributed by atoms with Crippen LogP contribution in [-0.4, -0.2) is 36.4 Å². The number of amides is 2. The number of methoxy groups -OCH3 is 1. The number of allylic oxidation sites excluding steroid dienone is 1. The molecular weight excluding hydrogens is 412 g/mol. The third-order valence-corrected chi connectivity index (χ3v) is 6.28. The molecular formula is C28H36N2O3. The van der Waals surface area contributed by atoms with Crippen molar-refractivity contribution in [1.82, 2.24) is 10.2 Å². The van der Waals surface area contributed by atoms with Crippen LogP contribution in [0.5, 0.6) is 5.75 Å². The Morgan fingerprint density at radius 1 is 1.00 bits per heavy atom. The number of rotatable bonds is 11. The molecule has 1 aliphatic carbocycles. The number of nitrogens with one attached hydrogen (secondary N) is 1. The molecule has 0 heterocycles. The van der Waals surface area contributed by atoms with Crippen molar-refractivity contribution in [2.75, 3.05) is 13.7 Å². The monoisotopic (exact) mass is 448 g/mol. The van der Waals surface area contributed by atoms with Gasteiger partial charge in [0.25, 0.3) is 0 Å². The van der Waals surface area contributed by atoms with Gasteiger partial charge in [-0.3, -0.25) is 9.59 Å². The molecule has 0 aromatic heterocycles. The summed E-state index contributed by atoms with van der Waals surface area (Å²) in [5.41, 5.74) is 3.52. The molecule has 176 valence electrons. The Balaban J connectivity index is 1.63. The second kappa shape index (κ2) is 12.8. The second-order valence-corrected chi connectivity index (χ2v) is 8.68. The Bertz CT molecular complexity index is 922. The van der Waals surface area contributed by atoms with Crippen molar-refractivity contribution in [2.45, 2.75) is 64.5 Å². The molecule has 5 nitrogen and oxygen atoms in total. The Hall–Kier alpha value is -3.08. The zero-order chi connectivity index (χ0) is 23.5. The first-order chi connectivity index (χ1) is 16.1. The van der Waals surface area contributed by atoms with Gasteiger partial charge in [-0.2, -0.15) is 0 Å². The molecule has 0 saturated heterocycles. The largest absolute Gasteiger partial charge is 0.497 e. The van der Waals surface area contributed by atoms with Crippen LogP contribution in [0.4, 0.5) is 0 Å². The predicted molar refractivity (Wildman–Crippen MR) is 132 cm³/mol. The van der Waals surface area contributed by atoms with Crippen LogP contribution in [-0.2, 0) is 22.6 Å². The average Bonchev–Trinajstić information content (AvgIpc) is 2.87. The van der Waals surface area contributed by atoms with Crippen LogP contribution in [0, 0.1) is 0 Å². The van der Waals surface area contributed by atoms with E-state index < -0.39 is 6.04 Å². The SMILES string of the molecule is COc1ccc(CN(C(=O)CCc2ccccc2)[C@@H](C)C(=O)NCCC2=CCCCC2)cc1. The van der Waals surface area contributed by atoms with Crippen LogP contribution in [0.2, 0.25) is 0 Å². The maximum Gasteiger partial charge on any atom is 0.242 e. The zero-order valence-electron chi connectivity index (χ0n) is 19.9. The molecule has 2 aromatic rings. The van der Waals surface area contributed by atoms with Gasteiger partial charge in [0, 0.05) is 19.5 Å². The molecule has 5 heteroatoms. The summed E-state index contributed by atoms with van der Waals surface area (Å²) in [4.78, 5) is 27.9. The Morgan fingerprint density at radius 3 is 2.42 bits per heavy atom. The number of aryl methyl sites for hydroxylation is 1. The van der Waals surface area contributed by atoms with Crippen molar-refractivity contribution < 1.29 is 14.3 Å². The lowest BCUT2D eigenvalue weighted by Gasteiger charge is -2.29. The molecule has 3 rings (SSSR count). The third kappa shape index (κ3) is 7.77. The lowest BCUT2D eigenvalue weighted by molar-refractivity contribution is -0.140. The maximum absolute atomic E-state index is 13.2. The second-order valence-electron chi connectivity index (χ2n) is 8.68. The van der Waals surface area contributed by atoms with Crippen LogP contribution < -0.4 is 10.1 Å². The summed E-state index contributed by atoms with van der Waals surface area (Å²) in [5, 5.41) is 3.05. The van der Waals surface area contributed by atoms with E-state index in [1.54, 1.807) is 12.0 Å².